The summed E-state index contributed by atoms with van der Waals surface area (Å²) in [6, 6.07) is 2.81. The largest absolute Gasteiger partial charge is 0.469 e. The van der Waals surface area contributed by atoms with Gasteiger partial charge in [-0.15, -0.1) is 0 Å². The number of ether oxygens (including phenoxy) is 3. The van der Waals surface area contributed by atoms with Gasteiger partial charge in [-0.25, -0.2) is 4.79 Å². The maximum atomic E-state index is 12.3. The Morgan fingerprint density at radius 2 is 1.73 bits per heavy atom. The summed E-state index contributed by atoms with van der Waals surface area (Å²) in [7, 11) is 2.10. The maximum Gasteiger partial charge on any atom is 0.375 e. The molecule has 0 aliphatic carbocycles. The zero-order valence-corrected chi connectivity index (χ0v) is 12.4. The first kappa shape index (κ1) is 17.4. The Labute approximate surface area is 126 Å². The van der Waals surface area contributed by atoms with Crippen LogP contribution in [0.5, 0.6) is 0 Å². The molecule has 0 spiro atoms. The van der Waals surface area contributed by atoms with Crippen LogP contribution in [0.25, 0.3) is 0 Å². The average Bonchev–Trinajstić information content (AvgIpc) is 3.04. The van der Waals surface area contributed by atoms with Crippen molar-refractivity contribution in [2.24, 2.45) is 5.92 Å². The first-order valence-electron chi connectivity index (χ1n) is 6.37. The first-order chi connectivity index (χ1) is 10.5. The van der Waals surface area contributed by atoms with Crippen molar-refractivity contribution < 1.29 is 37.8 Å². The van der Waals surface area contributed by atoms with E-state index in [9.17, 15) is 19.2 Å². The Balaban J connectivity index is 3.29. The molecule has 0 fully saturated rings. The highest BCUT2D eigenvalue weighted by atomic mass is 16.5. The van der Waals surface area contributed by atoms with Gasteiger partial charge in [-0.2, -0.15) is 0 Å². The van der Waals surface area contributed by atoms with Gasteiger partial charge in [0.1, 0.15) is 11.7 Å². The molecule has 1 aromatic rings. The van der Waals surface area contributed by atoms with E-state index >= 15 is 0 Å². The third-order valence-electron chi connectivity index (χ3n) is 2.85. The fraction of sp³-hybridized carbons (Fsp3) is 0.429. The Morgan fingerprint density at radius 3 is 2.14 bits per heavy atom. The molecule has 0 amide bonds. The Hall–Kier alpha value is -2.64. The summed E-state index contributed by atoms with van der Waals surface area (Å²) in [6.07, 6.45) is 1.24. The fourth-order valence-electron chi connectivity index (χ4n) is 1.86. The molecule has 1 rings (SSSR count). The average molecular weight is 312 g/mol. The van der Waals surface area contributed by atoms with E-state index in [0.29, 0.717) is 0 Å². The summed E-state index contributed by atoms with van der Waals surface area (Å²) in [6.45, 7) is 1.49. The van der Waals surface area contributed by atoms with E-state index in [-0.39, 0.29) is 12.4 Å². The molecule has 8 nitrogen and oxygen atoms in total. The lowest BCUT2D eigenvalue weighted by Crippen LogP contribution is -2.39. The summed E-state index contributed by atoms with van der Waals surface area (Å²) in [4.78, 5) is 47.7. The molecule has 0 bridgehead atoms. The monoisotopic (exact) mass is 312 g/mol. The smallest absolute Gasteiger partial charge is 0.375 e. The predicted molar refractivity (Wildman–Crippen MR) is 70.6 cm³/mol. The van der Waals surface area contributed by atoms with Gasteiger partial charge in [0.15, 0.2) is 5.92 Å². The van der Waals surface area contributed by atoms with E-state index in [4.69, 9.17) is 4.42 Å². The quantitative estimate of drug-likeness (QED) is 0.309. The van der Waals surface area contributed by atoms with Gasteiger partial charge in [-0.05, 0) is 19.1 Å². The molecule has 22 heavy (non-hydrogen) atoms. The number of methoxy groups -OCH3 is 2. The van der Waals surface area contributed by atoms with Crippen molar-refractivity contribution in [1.82, 2.24) is 0 Å². The highest BCUT2D eigenvalue weighted by Gasteiger charge is 2.46. The van der Waals surface area contributed by atoms with Crippen LogP contribution < -0.4 is 0 Å². The summed E-state index contributed by atoms with van der Waals surface area (Å²) in [5.41, 5.74) is 0. The maximum absolute atomic E-state index is 12.3. The molecule has 1 atom stereocenters. The Morgan fingerprint density at radius 1 is 1.14 bits per heavy atom. The molecular weight excluding hydrogens is 296 g/mol. The van der Waals surface area contributed by atoms with Crippen molar-refractivity contribution in [3.05, 3.63) is 24.2 Å². The van der Waals surface area contributed by atoms with Crippen LogP contribution in [0.3, 0.4) is 0 Å². The van der Waals surface area contributed by atoms with Gasteiger partial charge in [-0.3, -0.25) is 14.4 Å². The number of ketones is 1. The highest BCUT2D eigenvalue weighted by molar-refractivity contribution is 6.36. The summed E-state index contributed by atoms with van der Waals surface area (Å²) in [5, 5.41) is 0. The van der Waals surface area contributed by atoms with Crippen molar-refractivity contribution in [2.75, 3.05) is 20.8 Å². The molecule has 1 heterocycles. The van der Waals surface area contributed by atoms with Crippen LogP contribution in [0.15, 0.2) is 22.8 Å². The number of hydrogen-bond donors (Lipinski definition) is 0. The second kappa shape index (κ2) is 7.96. The number of furan rings is 1. The number of carbonyl (C=O) groups excluding carboxylic acids is 4. The summed E-state index contributed by atoms with van der Waals surface area (Å²) in [5.74, 6) is -7.55. The second-order valence-electron chi connectivity index (χ2n) is 4.10. The zero-order chi connectivity index (χ0) is 16.7. The lowest BCUT2D eigenvalue weighted by Gasteiger charge is -2.19. The van der Waals surface area contributed by atoms with Gasteiger partial charge >= 0.3 is 17.9 Å². The van der Waals surface area contributed by atoms with Crippen LogP contribution in [-0.2, 0) is 33.4 Å². The van der Waals surface area contributed by atoms with Crippen LogP contribution in [0.1, 0.15) is 18.6 Å². The molecule has 0 aliphatic rings. The molecule has 0 saturated heterocycles. The van der Waals surface area contributed by atoms with Crippen molar-refractivity contribution in [2.45, 2.75) is 12.8 Å². The second-order valence-corrected chi connectivity index (χ2v) is 4.10. The Bertz CT molecular complexity index is 529. The minimum atomic E-state index is -1.67. The van der Waals surface area contributed by atoms with Crippen molar-refractivity contribution in [3.63, 3.8) is 0 Å². The fourth-order valence-corrected chi connectivity index (χ4v) is 1.86. The Kier molecular flexibility index (Phi) is 6.30. The van der Waals surface area contributed by atoms with E-state index in [0.717, 1.165) is 14.2 Å². The van der Waals surface area contributed by atoms with Gasteiger partial charge in [0.2, 0.25) is 0 Å². The number of hydrogen-bond acceptors (Lipinski definition) is 8. The lowest BCUT2D eigenvalue weighted by molar-refractivity contribution is -0.164. The standard InChI is InChI=1S/C14H16O8/c1-4-21-14(18)11(15)9(8-6-5-7-22-8)10(12(16)19-2)13(17)20-3/h5-7,9-10H,4H2,1-3H3. The van der Waals surface area contributed by atoms with E-state index in [1.54, 1.807) is 0 Å². The van der Waals surface area contributed by atoms with Crippen molar-refractivity contribution in [3.8, 4) is 0 Å². The number of carbonyl (C=O) groups is 4. The van der Waals surface area contributed by atoms with Gasteiger partial charge < -0.3 is 18.6 Å². The van der Waals surface area contributed by atoms with Crippen LogP contribution in [-0.4, -0.2) is 44.5 Å². The van der Waals surface area contributed by atoms with E-state index in [2.05, 4.69) is 14.2 Å². The van der Waals surface area contributed by atoms with E-state index in [1.165, 1.54) is 25.3 Å². The molecule has 0 saturated carbocycles. The predicted octanol–water partition coefficient (Wildman–Crippen LogP) is 0.458. The molecular formula is C14H16O8. The van der Waals surface area contributed by atoms with Gasteiger partial charge in [0.25, 0.3) is 5.78 Å². The zero-order valence-electron chi connectivity index (χ0n) is 12.4. The molecule has 0 aliphatic heterocycles. The molecule has 120 valence electrons. The minimum Gasteiger partial charge on any atom is -0.469 e. The molecule has 0 N–H and O–H groups in total. The minimum absolute atomic E-state index is 0.0312. The SMILES string of the molecule is CCOC(=O)C(=O)C(c1ccco1)C(C(=O)OC)C(=O)OC. The molecule has 1 aromatic heterocycles. The number of rotatable bonds is 7. The third-order valence-corrected chi connectivity index (χ3v) is 2.85. The first-order valence-corrected chi connectivity index (χ1v) is 6.37. The van der Waals surface area contributed by atoms with E-state index < -0.39 is 35.5 Å². The normalized spacial score (nSPS) is 11.6. The van der Waals surface area contributed by atoms with Crippen molar-refractivity contribution >= 4 is 23.7 Å². The summed E-state index contributed by atoms with van der Waals surface area (Å²) < 4.78 is 18.7. The van der Waals surface area contributed by atoms with E-state index in [1.807, 2.05) is 0 Å². The van der Waals surface area contributed by atoms with Gasteiger partial charge in [-0.1, -0.05) is 0 Å². The van der Waals surface area contributed by atoms with Crippen LogP contribution in [0.2, 0.25) is 0 Å². The van der Waals surface area contributed by atoms with Crippen molar-refractivity contribution in [1.29, 1.82) is 0 Å². The molecule has 0 radical (unpaired) electrons. The molecule has 1 unspecified atom stereocenters. The van der Waals surface area contributed by atoms with Crippen LogP contribution in [0, 0.1) is 5.92 Å². The van der Waals surface area contributed by atoms with Crippen LogP contribution in [0.4, 0.5) is 0 Å². The topological polar surface area (TPSA) is 109 Å². The van der Waals surface area contributed by atoms with Crippen LogP contribution >= 0.6 is 0 Å². The highest BCUT2D eigenvalue weighted by Crippen LogP contribution is 2.29. The summed E-state index contributed by atoms with van der Waals surface area (Å²) >= 11 is 0. The molecule has 8 heteroatoms. The third kappa shape index (κ3) is 3.72. The number of esters is 3. The van der Waals surface area contributed by atoms with Gasteiger partial charge in [0, 0.05) is 0 Å². The lowest BCUT2D eigenvalue weighted by atomic mass is 9.86. The molecule has 0 aromatic carbocycles. The van der Waals surface area contributed by atoms with Gasteiger partial charge in [0.05, 0.1) is 27.1 Å². The number of Topliss-reactive ketones (excluding diaryl/α,β-unsaturated/α-hetero) is 1.